The zero-order chi connectivity index (χ0) is 29.3. The van der Waals surface area contributed by atoms with E-state index in [1.54, 1.807) is 19.2 Å². The molecule has 222 valence electrons. The van der Waals surface area contributed by atoms with Gasteiger partial charge in [-0.2, -0.15) is 0 Å². The summed E-state index contributed by atoms with van der Waals surface area (Å²) in [6.45, 7) is 8.23. The number of carbonyl (C=O) groups is 2. The first-order chi connectivity index (χ1) is 19.2. The number of benzene rings is 2. The standard InChI is InChI=1S/C31H46FN3O5/c1-5-22(2)30(31(37)34-19-24-12-14-26(32)15-13-24)35-29(36)9-6-8-27(33)21-39-20-25-11-10-23(3)28(18-25)40-17-7-16-38-4/h10-15,18,22,27,30H,5-9,16-17,19-21,33H2,1-4H3,(H,34,37)(H,35,36)/t22-,27?,30?/m0/s1. The fraction of sp³-hybridized carbons (Fsp3) is 0.548. The topological polar surface area (TPSA) is 112 Å². The molecule has 0 saturated heterocycles. The number of hydrogen-bond acceptors (Lipinski definition) is 6. The molecule has 0 heterocycles. The van der Waals surface area contributed by atoms with Gasteiger partial charge in [-0.3, -0.25) is 9.59 Å². The summed E-state index contributed by atoms with van der Waals surface area (Å²) in [4.78, 5) is 25.4. The molecule has 40 heavy (non-hydrogen) atoms. The van der Waals surface area contributed by atoms with E-state index in [2.05, 4.69) is 10.6 Å². The van der Waals surface area contributed by atoms with Gasteiger partial charge in [0.1, 0.15) is 17.6 Å². The van der Waals surface area contributed by atoms with Crippen molar-refractivity contribution in [1.82, 2.24) is 10.6 Å². The van der Waals surface area contributed by atoms with Crippen molar-refractivity contribution < 1.29 is 28.2 Å². The molecular formula is C31H46FN3O5. The third kappa shape index (κ3) is 12.4. The third-order valence-corrected chi connectivity index (χ3v) is 6.77. The van der Waals surface area contributed by atoms with Crippen LogP contribution >= 0.6 is 0 Å². The molecule has 2 aromatic rings. The van der Waals surface area contributed by atoms with Crippen molar-refractivity contribution in [2.24, 2.45) is 11.7 Å². The summed E-state index contributed by atoms with van der Waals surface area (Å²) in [5.41, 5.74) is 9.08. The number of hydrogen-bond donors (Lipinski definition) is 3. The SMILES string of the molecule is CC[C@H](C)C(NC(=O)CCCC(N)COCc1ccc(C)c(OCCCOC)c1)C(=O)NCc1ccc(F)cc1. The minimum Gasteiger partial charge on any atom is -0.493 e. The van der Waals surface area contributed by atoms with Gasteiger partial charge in [0.2, 0.25) is 11.8 Å². The number of nitrogens with two attached hydrogens (primary N) is 1. The maximum atomic E-state index is 13.1. The van der Waals surface area contributed by atoms with Crippen molar-refractivity contribution in [2.45, 2.75) is 78.1 Å². The average Bonchev–Trinajstić information content (AvgIpc) is 2.94. The summed E-state index contributed by atoms with van der Waals surface area (Å²) in [7, 11) is 1.67. The van der Waals surface area contributed by atoms with Crippen molar-refractivity contribution in [3.05, 3.63) is 65.0 Å². The van der Waals surface area contributed by atoms with Gasteiger partial charge >= 0.3 is 0 Å². The molecule has 8 nitrogen and oxygen atoms in total. The Balaban J connectivity index is 1.71. The molecule has 2 aromatic carbocycles. The van der Waals surface area contributed by atoms with E-state index in [9.17, 15) is 14.0 Å². The molecule has 0 bridgehead atoms. The molecule has 0 saturated carbocycles. The number of aryl methyl sites for hydroxylation is 1. The van der Waals surface area contributed by atoms with Gasteiger partial charge in [0.15, 0.2) is 0 Å². The molecule has 2 unspecified atom stereocenters. The van der Waals surface area contributed by atoms with Crippen LogP contribution in [0, 0.1) is 18.7 Å². The van der Waals surface area contributed by atoms with Gasteiger partial charge in [-0.25, -0.2) is 4.39 Å². The van der Waals surface area contributed by atoms with Crippen molar-refractivity contribution in [3.63, 3.8) is 0 Å². The third-order valence-electron chi connectivity index (χ3n) is 6.77. The van der Waals surface area contributed by atoms with E-state index in [1.807, 2.05) is 39.0 Å². The number of ether oxygens (including phenoxy) is 3. The zero-order valence-corrected chi connectivity index (χ0v) is 24.3. The molecular weight excluding hydrogens is 513 g/mol. The Morgan fingerprint density at radius 1 is 1.05 bits per heavy atom. The van der Waals surface area contributed by atoms with Crippen LogP contribution in [0.25, 0.3) is 0 Å². The second-order valence-corrected chi connectivity index (χ2v) is 10.2. The lowest BCUT2D eigenvalue weighted by Crippen LogP contribution is -2.50. The van der Waals surface area contributed by atoms with Crippen LogP contribution in [0.5, 0.6) is 5.75 Å². The average molecular weight is 560 g/mol. The summed E-state index contributed by atoms with van der Waals surface area (Å²) in [6, 6.07) is 11.1. The maximum Gasteiger partial charge on any atom is 0.243 e. The summed E-state index contributed by atoms with van der Waals surface area (Å²) >= 11 is 0. The molecule has 9 heteroatoms. The fourth-order valence-corrected chi connectivity index (χ4v) is 4.06. The summed E-state index contributed by atoms with van der Waals surface area (Å²) < 4.78 is 29.8. The van der Waals surface area contributed by atoms with Gasteiger partial charge in [0, 0.05) is 39.1 Å². The van der Waals surface area contributed by atoms with Crippen molar-refractivity contribution in [2.75, 3.05) is 26.9 Å². The Hall–Kier alpha value is -3.01. The first kappa shape index (κ1) is 33.2. The van der Waals surface area contributed by atoms with Crippen LogP contribution in [0.2, 0.25) is 0 Å². The van der Waals surface area contributed by atoms with E-state index < -0.39 is 6.04 Å². The van der Waals surface area contributed by atoms with Crippen LogP contribution in [0.3, 0.4) is 0 Å². The highest BCUT2D eigenvalue weighted by atomic mass is 19.1. The van der Waals surface area contributed by atoms with Crippen LogP contribution in [-0.4, -0.2) is 50.8 Å². The predicted octanol–water partition coefficient (Wildman–Crippen LogP) is 4.41. The number of carbonyl (C=O) groups excluding carboxylic acids is 2. The van der Waals surface area contributed by atoms with E-state index in [0.29, 0.717) is 39.3 Å². The normalized spacial score (nSPS) is 13.3. The Morgan fingerprint density at radius 2 is 1.77 bits per heavy atom. The fourth-order valence-electron chi connectivity index (χ4n) is 4.06. The van der Waals surface area contributed by atoms with Crippen LogP contribution in [0.15, 0.2) is 42.5 Å². The Kier molecular flexibility index (Phi) is 15.2. The largest absolute Gasteiger partial charge is 0.493 e. The molecule has 0 radical (unpaired) electrons. The summed E-state index contributed by atoms with van der Waals surface area (Å²) in [6.07, 6.45) is 3.05. The highest BCUT2D eigenvalue weighted by Gasteiger charge is 2.25. The molecule has 3 atom stereocenters. The predicted molar refractivity (Wildman–Crippen MR) is 154 cm³/mol. The minimum atomic E-state index is -0.640. The Morgan fingerprint density at radius 3 is 2.48 bits per heavy atom. The molecule has 4 N–H and O–H groups in total. The molecule has 0 aliphatic carbocycles. The number of nitrogens with one attached hydrogen (secondary N) is 2. The first-order valence-corrected chi connectivity index (χ1v) is 14.1. The second-order valence-electron chi connectivity index (χ2n) is 10.2. The van der Waals surface area contributed by atoms with E-state index >= 15 is 0 Å². The molecule has 0 aliphatic heterocycles. The minimum absolute atomic E-state index is 0.0362. The molecule has 2 rings (SSSR count). The molecule has 0 fully saturated rings. The maximum absolute atomic E-state index is 13.1. The number of rotatable bonds is 19. The smallest absolute Gasteiger partial charge is 0.243 e. The lowest BCUT2D eigenvalue weighted by atomic mass is 9.97. The van der Waals surface area contributed by atoms with Crippen molar-refractivity contribution in [3.8, 4) is 5.75 Å². The van der Waals surface area contributed by atoms with Gasteiger partial charge in [-0.05, 0) is 60.6 Å². The zero-order valence-electron chi connectivity index (χ0n) is 24.3. The number of halogens is 1. The molecule has 0 aromatic heterocycles. The van der Waals surface area contributed by atoms with Gasteiger partial charge in [-0.1, -0.05) is 44.5 Å². The lowest BCUT2D eigenvalue weighted by Gasteiger charge is -2.24. The molecule has 0 aliphatic rings. The lowest BCUT2D eigenvalue weighted by molar-refractivity contribution is -0.130. The second kappa shape index (κ2) is 18.4. The van der Waals surface area contributed by atoms with Gasteiger partial charge in [0.05, 0.1) is 19.8 Å². The van der Waals surface area contributed by atoms with E-state index in [-0.39, 0.29) is 42.6 Å². The van der Waals surface area contributed by atoms with Crippen LogP contribution < -0.4 is 21.1 Å². The van der Waals surface area contributed by atoms with Crippen LogP contribution in [0.1, 0.15) is 62.6 Å². The van der Waals surface area contributed by atoms with Crippen molar-refractivity contribution >= 4 is 11.8 Å². The molecule has 0 spiro atoms. The van der Waals surface area contributed by atoms with Crippen molar-refractivity contribution in [1.29, 1.82) is 0 Å². The van der Waals surface area contributed by atoms with E-state index in [1.165, 1.54) is 12.1 Å². The Bertz CT molecular complexity index is 1030. The highest BCUT2D eigenvalue weighted by Crippen LogP contribution is 2.20. The van der Waals surface area contributed by atoms with Gasteiger partial charge in [-0.15, -0.1) is 0 Å². The Labute approximate surface area is 238 Å². The van der Waals surface area contributed by atoms with Crippen LogP contribution in [-0.2, 0) is 32.2 Å². The van der Waals surface area contributed by atoms with E-state index in [0.717, 1.165) is 35.3 Å². The quantitative estimate of drug-likeness (QED) is 0.220. The monoisotopic (exact) mass is 559 g/mol. The number of methoxy groups -OCH3 is 1. The first-order valence-electron chi connectivity index (χ1n) is 14.1. The van der Waals surface area contributed by atoms with Gasteiger partial charge < -0.3 is 30.6 Å². The summed E-state index contributed by atoms with van der Waals surface area (Å²) in [5, 5.41) is 5.73. The van der Waals surface area contributed by atoms with E-state index in [4.69, 9.17) is 19.9 Å². The molecule has 2 amide bonds. The number of amides is 2. The van der Waals surface area contributed by atoms with Gasteiger partial charge in [0.25, 0.3) is 0 Å². The summed E-state index contributed by atoms with van der Waals surface area (Å²) in [5.74, 6) is 0.0362. The highest BCUT2D eigenvalue weighted by molar-refractivity contribution is 5.87. The van der Waals surface area contributed by atoms with Crippen LogP contribution in [0.4, 0.5) is 4.39 Å².